The average Bonchev–Trinajstić information content (AvgIpc) is 2.04. The van der Waals surface area contributed by atoms with E-state index in [4.69, 9.17) is 0 Å². The Kier molecular flexibility index (Phi) is 3.37. The summed E-state index contributed by atoms with van der Waals surface area (Å²) in [4.78, 5) is 14.4. The van der Waals surface area contributed by atoms with Crippen molar-refractivity contribution < 1.29 is 9.18 Å². The molecule has 13 heavy (non-hydrogen) atoms. The summed E-state index contributed by atoms with van der Waals surface area (Å²) in [5.41, 5.74) is 0.450. The van der Waals surface area contributed by atoms with Gasteiger partial charge in [-0.2, -0.15) is 4.39 Å². The summed E-state index contributed by atoms with van der Waals surface area (Å²) in [6, 6.07) is 2.74. The van der Waals surface area contributed by atoms with Gasteiger partial charge in [0.15, 0.2) is 0 Å². The van der Waals surface area contributed by atoms with E-state index in [1.54, 1.807) is 6.07 Å². The van der Waals surface area contributed by atoms with Crippen LogP contribution in [0.2, 0.25) is 0 Å². The van der Waals surface area contributed by atoms with Gasteiger partial charge in [-0.3, -0.25) is 4.79 Å². The van der Waals surface area contributed by atoms with E-state index >= 15 is 0 Å². The molecule has 1 amide bonds. The van der Waals surface area contributed by atoms with Gasteiger partial charge in [-0.25, -0.2) is 4.98 Å². The Labute approximate surface area is 76.0 Å². The number of hydrogen-bond donors (Lipinski definition) is 1. The van der Waals surface area contributed by atoms with E-state index in [0.717, 1.165) is 6.42 Å². The third-order valence-electron chi connectivity index (χ3n) is 1.49. The number of nitrogens with one attached hydrogen (secondary N) is 1. The molecule has 4 heteroatoms. The first-order valence-electron chi connectivity index (χ1n) is 4.13. The molecular formula is C9H11FN2O. The third kappa shape index (κ3) is 3.19. The van der Waals surface area contributed by atoms with Crippen LogP contribution in [0.25, 0.3) is 0 Å². The van der Waals surface area contributed by atoms with Crippen LogP contribution in [0.3, 0.4) is 0 Å². The van der Waals surface area contributed by atoms with Crippen LogP contribution in [-0.2, 0) is 4.79 Å². The van der Waals surface area contributed by atoms with Gasteiger partial charge in [-0.1, -0.05) is 6.92 Å². The Morgan fingerprint density at radius 2 is 2.46 bits per heavy atom. The summed E-state index contributed by atoms with van der Waals surface area (Å²) < 4.78 is 12.5. The predicted molar refractivity (Wildman–Crippen MR) is 47.7 cm³/mol. The fourth-order valence-corrected chi connectivity index (χ4v) is 0.931. The number of hydrogen-bond acceptors (Lipinski definition) is 2. The second-order valence-electron chi connectivity index (χ2n) is 2.67. The van der Waals surface area contributed by atoms with Gasteiger partial charge in [0.2, 0.25) is 11.9 Å². The minimum absolute atomic E-state index is 0.104. The van der Waals surface area contributed by atoms with Gasteiger partial charge in [0.05, 0.1) is 0 Å². The van der Waals surface area contributed by atoms with E-state index in [9.17, 15) is 9.18 Å². The van der Waals surface area contributed by atoms with Crippen molar-refractivity contribution in [3.8, 4) is 0 Å². The standard InChI is InChI=1S/C9H11FN2O/c1-2-3-9(13)12-7-4-5-11-8(10)6-7/h4-6H,2-3H2,1H3,(H,11,12,13). The molecule has 0 fully saturated rings. The number of halogens is 1. The van der Waals surface area contributed by atoms with Gasteiger partial charge >= 0.3 is 0 Å². The van der Waals surface area contributed by atoms with Crippen molar-refractivity contribution in [2.24, 2.45) is 0 Å². The Bertz CT molecular complexity index is 301. The van der Waals surface area contributed by atoms with Gasteiger partial charge in [0.25, 0.3) is 0 Å². The Balaban J connectivity index is 2.58. The lowest BCUT2D eigenvalue weighted by molar-refractivity contribution is -0.116. The maximum absolute atomic E-state index is 12.5. The van der Waals surface area contributed by atoms with Gasteiger partial charge in [0, 0.05) is 24.4 Å². The normalized spacial score (nSPS) is 9.69. The van der Waals surface area contributed by atoms with Gasteiger partial charge < -0.3 is 5.32 Å². The minimum Gasteiger partial charge on any atom is -0.326 e. The van der Waals surface area contributed by atoms with Crippen LogP contribution in [0.5, 0.6) is 0 Å². The molecule has 0 saturated heterocycles. The third-order valence-corrected chi connectivity index (χ3v) is 1.49. The molecule has 0 unspecified atom stereocenters. The topological polar surface area (TPSA) is 42.0 Å². The van der Waals surface area contributed by atoms with Crippen LogP contribution in [0, 0.1) is 5.95 Å². The maximum Gasteiger partial charge on any atom is 0.224 e. The van der Waals surface area contributed by atoms with Crippen LogP contribution in [-0.4, -0.2) is 10.9 Å². The summed E-state index contributed by atoms with van der Waals surface area (Å²) in [6.07, 6.45) is 2.54. The van der Waals surface area contributed by atoms with Crippen molar-refractivity contribution >= 4 is 11.6 Å². The molecule has 0 aliphatic carbocycles. The first kappa shape index (κ1) is 9.64. The van der Waals surface area contributed by atoms with E-state index in [0.29, 0.717) is 12.1 Å². The van der Waals surface area contributed by atoms with Crippen LogP contribution in [0.15, 0.2) is 18.3 Å². The second-order valence-corrected chi connectivity index (χ2v) is 2.67. The molecule has 1 aromatic heterocycles. The molecule has 1 N–H and O–H groups in total. The van der Waals surface area contributed by atoms with Crippen LogP contribution in [0.1, 0.15) is 19.8 Å². The molecular weight excluding hydrogens is 171 g/mol. The fraction of sp³-hybridized carbons (Fsp3) is 0.333. The van der Waals surface area contributed by atoms with E-state index in [1.165, 1.54) is 12.3 Å². The first-order valence-corrected chi connectivity index (χ1v) is 4.13. The van der Waals surface area contributed by atoms with E-state index in [1.807, 2.05) is 6.92 Å². The van der Waals surface area contributed by atoms with Crippen molar-refractivity contribution in [3.05, 3.63) is 24.3 Å². The zero-order valence-electron chi connectivity index (χ0n) is 7.38. The second kappa shape index (κ2) is 4.54. The monoisotopic (exact) mass is 182 g/mol. The van der Waals surface area contributed by atoms with Gasteiger partial charge in [-0.05, 0) is 12.5 Å². The Hall–Kier alpha value is -1.45. The molecule has 0 saturated carbocycles. The predicted octanol–water partition coefficient (Wildman–Crippen LogP) is 1.96. The Morgan fingerprint density at radius 1 is 1.69 bits per heavy atom. The maximum atomic E-state index is 12.5. The average molecular weight is 182 g/mol. The number of carbonyl (C=O) groups is 1. The molecule has 0 bridgehead atoms. The molecule has 0 radical (unpaired) electrons. The fourth-order valence-electron chi connectivity index (χ4n) is 0.931. The van der Waals surface area contributed by atoms with E-state index in [2.05, 4.69) is 10.3 Å². The number of anilines is 1. The van der Waals surface area contributed by atoms with Crippen molar-refractivity contribution in [2.45, 2.75) is 19.8 Å². The van der Waals surface area contributed by atoms with Gasteiger partial charge in [-0.15, -0.1) is 0 Å². The SMILES string of the molecule is CCCC(=O)Nc1ccnc(F)c1. The molecule has 1 heterocycles. The molecule has 0 aromatic carbocycles. The largest absolute Gasteiger partial charge is 0.326 e. The smallest absolute Gasteiger partial charge is 0.224 e. The lowest BCUT2D eigenvalue weighted by Crippen LogP contribution is -2.10. The highest BCUT2D eigenvalue weighted by Crippen LogP contribution is 2.07. The summed E-state index contributed by atoms with van der Waals surface area (Å²) in [5.74, 6) is -0.692. The lowest BCUT2D eigenvalue weighted by Gasteiger charge is -2.02. The minimum atomic E-state index is -0.589. The highest BCUT2D eigenvalue weighted by atomic mass is 19.1. The molecule has 70 valence electrons. The molecule has 0 aliphatic heterocycles. The number of aromatic nitrogens is 1. The summed E-state index contributed by atoms with van der Waals surface area (Å²) >= 11 is 0. The molecule has 0 atom stereocenters. The molecule has 3 nitrogen and oxygen atoms in total. The van der Waals surface area contributed by atoms with Crippen molar-refractivity contribution in [2.75, 3.05) is 5.32 Å². The quantitative estimate of drug-likeness (QED) is 0.726. The van der Waals surface area contributed by atoms with E-state index in [-0.39, 0.29) is 5.91 Å². The highest BCUT2D eigenvalue weighted by Gasteiger charge is 2.01. The Morgan fingerprint density at radius 3 is 3.08 bits per heavy atom. The highest BCUT2D eigenvalue weighted by molar-refractivity contribution is 5.90. The summed E-state index contributed by atoms with van der Waals surface area (Å²) in [5, 5.41) is 2.56. The molecule has 1 aromatic rings. The molecule has 0 aliphatic rings. The van der Waals surface area contributed by atoms with Crippen LogP contribution in [0.4, 0.5) is 10.1 Å². The van der Waals surface area contributed by atoms with Crippen molar-refractivity contribution in [3.63, 3.8) is 0 Å². The summed E-state index contributed by atoms with van der Waals surface area (Å²) in [7, 11) is 0. The number of nitrogens with zero attached hydrogens (tertiary/aromatic N) is 1. The van der Waals surface area contributed by atoms with Gasteiger partial charge in [0.1, 0.15) is 0 Å². The summed E-state index contributed by atoms with van der Waals surface area (Å²) in [6.45, 7) is 1.91. The molecule has 1 rings (SSSR count). The lowest BCUT2D eigenvalue weighted by atomic mass is 10.3. The zero-order valence-corrected chi connectivity index (χ0v) is 7.38. The zero-order chi connectivity index (χ0) is 9.68. The first-order chi connectivity index (χ1) is 6.22. The molecule has 0 spiro atoms. The number of carbonyl (C=O) groups excluding carboxylic acids is 1. The number of rotatable bonds is 3. The van der Waals surface area contributed by atoms with Crippen LogP contribution < -0.4 is 5.32 Å². The van der Waals surface area contributed by atoms with E-state index < -0.39 is 5.95 Å². The number of amides is 1. The van der Waals surface area contributed by atoms with Crippen molar-refractivity contribution in [1.82, 2.24) is 4.98 Å². The van der Waals surface area contributed by atoms with Crippen LogP contribution >= 0.6 is 0 Å². The number of pyridine rings is 1. The van der Waals surface area contributed by atoms with Crippen molar-refractivity contribution in [1.29, 1.82) is 0 Å².